The van der Waals surface area contributed by atoms with Crippen LogP contribution in [0, 0.1) is 0 Å². The van der Waals surface area contributed by atoms with Gasteiger partial charge in [0.15, 0.2) is 0 Å². The molecule has 0 saturated heterocycles. The van der Waals surface area contributed by atoms with Gasteiger partial charge in [-0.1, -0.05) is 134 Å². The Hall–Kier alpha value is -1.29. The Morgan fingerprint density at radius 2 is 1.00 bits per heavy atom. The molecule has 40 heavy (non-hydrogen) atoms. The molecule has 0 aliphatic carbocycles. The molecule has 4 heteroatoms. The van der Waals surface area contributed by atoms with Crippen molar-refractivity contribution in [3.05, 3.63) is 24.3 Å². The van der Waals surface area contributed by atoms with Gasteiger partial charge in [0, 0.05) is 0 Å². The second-order valence-electron chi connectivity index (χ2n) is 12.2. The van der Waals surface area contributed by atoms with Gasteiger partial charge in [-0.3, -0.25) is 0 Å². The lowest BCUT2D eigenvalue weighted by molar-refractivity contribution is 0.0422. The highest BCUT2D eigenvalue weighted by atomic mass is 16.7. The summed E-state index contributed by atoms with van der Waals surface area (Å²) >= 11 is 0. The van der Waals surface area contributed by atoms with Crippen LogP contribution < -0.4 is 0 Å². The van der Waals surface area contributed by atoms with Crippen LogP contribution in [0.1, 0.15) is 174 Å². The molecule has 4 nitrogen and oxygen atoms in total. The van der Waals surface area contributed by atoms with E-state index in [4.69, 9.17) is 9.84 Å². The second-order valence-corrected chi connectivity index (χ2v) is 12.2. The standard InChI is InChI=1S/C36H69NO3/c1-4-5-6-7-8-9-10-11-12-14-17-20-23-26-29-32-35(40-36(38)39)33-30-27-24-21-18-15-13-16-19-22-25-28-31-34-37(2)3/h8-9,11-12,35H,4-7,10,13-34H2,1-3H3,(H,38,39). The number of ether oxygens (including phenoxy) is 1. The van der Waals surface area contributed by atoms with Crippen LogP contribution in [0.4, 0.5) is 4.79 Å². The Balaban J connectivity index is 3.56. The number of allylic oxidation sites excluding steroid dienone is 4. The lowest BCUT2D eigenvalue weighted by Crippen LogP contribution is -2.16. The average Bonchev–Trinajstić information content (AvgIpc) is 2.92. The fraction of sp³-hybridized carbons (Fsp3) is 0.861. The van der Waals surface area contributed by atoms with Crippen LogP contribution in [0.3, 0.4) is 0 Å². The van der Waals surface area contributed by atoms with Gasteiger partial charge < -0.3 is 14.7 Å². The van der Waals surface area contributed by atoms with Crippen molar-refractivity contribution < 1.29 is 14.6 Å². The molecule has 0 aromatic heterocycles. The van der Waals surface area contributed by atoms with E-state index < -0.39 is 6.16 Å². The number of nitrogens with zero attached hydrogens (tertiary/aromatic N) is 1. The number of hydrogen-bond donors (Lipinski definition) is 1. The number of unbranched alkanes of at least 4 members (excludes halogenated alkanes) is 20. The Morgan fingerprint density at radius 3 is 1.43 bits per heavy atom. The van der Waals surface area contributed by atoms with Crippen LogP contribution in [0.5, 0.6) is 0 Å². The number of carboxylic acid groups (broad SMARTS) is 1. The third kappa shape index (κ3) is 32.9. The molecule has 236 valence electrons. The maximum Gasteiger partial charge on any atom is 0.506 e. The van der Waals surface area contributed by atoms with E-state index in [0.29, 0.717) is 0 Å². The van der Waals surface area contributed by atoms with Gasteiger partial charge >= 0.3 is 6.16 Å². The quantitative estimate of drug-likeness (QED) is 0.0517. The summed E-state index contributed by atoms with van der Waals surface area (Å²) in [6, 6.07) is 0. The van der Waals surface area contributed by atoms with Crippen molar-refractivity contribution in [3.8, 4) is 0 Å². The van der Waals surface area contributed by atoms with Crippen molar-refractivity contribution in [2.24, 2.45) is 0 Å². The minimum absolute atomic E-state index is 0.113. The average molecular weight is 564 g/mol. The van der Waals surface area contributed by atoms with Crippen LogP contribution in [0.2, 0.25) is 0 Å². The molecule has 1 atom stereocenters. The van der Waals surface area contributed by atoms with Crippen molar-refractivity contribution in [2.75, 3.05) is 20.6 Å². The summed E-state index contributed by atoms with van der Waals surface area (Å²) in [6.07, 6.45) is 40.5. The van der Waals surface area contributed by atoms with Crippen LogP contribution >= 0.6 is 0 Å². The first-order valence-corrected chi connectivity index (χ1v) is 17.4. The molecule has 0 saturated carbocycles. The minimum atomic E-state index is -1.11. The Kier molecular flexibility index (Phi) is 31.2. The largest absolute Gasteiger partial charge is 0.506 e. The molecule has 0 aromatic carbocycles. The summed E-state index contributed by atoms with van der Waals surface area (Å²) in [5.41, 5.74) is 0. The van der Waals surface area contributed by atoms with Crippen LogP contribution in [0.15, 0.2) is 24.3 Å². The molecular formula is C36H69NO3. The van der Waals surface area contributed by atoms with Crippen molar-refractivity contribution in [3.63, 3.8) is 0 Å². The summed E-state index contributed by atoms with van der Waals surface area (Å²) in [5, 5.41) is 9.11. The smallest absolute Gasteiger partial charge is 0.450 e. The third-order valence-electron chi connectivity index (χ3n) is 7.88. The predicted molar refractivity (Wildman–Crippen MR) is 175 cm³/mol. The molecule has 0 aliphatic heterocycles. The van der Waals surface area contributed by atoms with Crippen molar-refractivity contribution >= 4 is 6.16 Å². The number of carbonyl (C=O) groups is 1. The molecule has 1 unspecified atom stereocenters. The molecule has 0 bridgehead atoms. The Bertz CT molecular complexity index is 572. The zero-order chi connectivity index (χ0) is 29.4. The summed E-state index contributed by atoms with van der Waals surface area (Å²) in [6.45, 7) is 3.48. The molecule has 0 heterocycles. The van der Waals surface area contributed by atoms with Gasteiger partial charge in [0.2, 0.25) is 0 Å². The lowest BCUT2D eigenvalue weighted by Gasteiger charge is -2.16. The Morgan fingerprint density at radius 1 is 0.600 bits per heavy atom. The normalized spacial score (nSPS) is 12.7. The van der Waals surface area contributed by atoms with E-state index in [1.165, 1.54) is 141 Å². The van der Waals surface area contributed by atoms with Crippen molar-refractivity contribution in [1.82, 2.24) is 4.90 Å². The topological polar surface area (TPSA) is 49.8 Å². The van der Waals surface area contributed by atoms with Gasteiger partial charge in [0.25, 0.3) is 0 Å². The highest BCUT2D eigenvalue weighted by molar-refractivity contribution is 5.57. The maximum atomic E-state index is 11.1. The van der Waals surface area contributed by atoms with E-state index in [9.17, 15) is 4.79 Å². The molecule has 0 amide bonds. The predicted octanol–water partition coefficient (Wildman–Crippen LogP) is 11.9. The molecule has 1 N–H and O–H groups in total. The summed E-state index contributed by atoms with van der Waals surface area (Å²) in [5.74, 6) is 0. The molecular weight excluding hydrogens is 494 g/mol. The SMILES string of the molecule is CCCCCC=CCC=CCCCCCCCC(CCCCCCCCCCCCCCCN(C)C)OC(=O)O. The zero-order valence-corrected chi connectivity index (χ0v) is 27.2. The van der Waals surface area contributed by atoms with Crippen LogP contribution in [-0.2, 0) is 4.74 Å². The van der Waals surface area contributed by atoms with Gasteiger partial charge in [-0.05, 0) is 84.8 Å². The molecule has 0 fully saturated rings. The Labute approximate surface area is 250 Å². The van der Waals surface area contributed by atoms with E-state index in [2.05, 4.69) is 50.2 Å². The molecule has 0 rings (SSSR count). The third-order valence-corrected chi connectivity index (χ3v) is 7.88. The monoisotopic (exact) mass is 564 g/mol. The first-order valence-electron chi connectivity index (χ1n) is 17.4. The minimum Gasteiger partial charge on any atom is -0.450 e. The van der Waals surface area contributed by atoms with Gasteiger partial charge in [0.05, 0.1) is 0 Å². The molecule has 0 spiro atoms. The summed E-state index contributed by atoms with van der Waals surface area (Å²) in [4.78, 5) is 13.4. The van der Waals surface area contributed by atoms with Gasteiger partial charge in [-0.25, -0.2) is 4.79 Å². The van der Waals surface area contributed by atoms with E-state index in [-0.39, 0.29) is 6.10 Å². The summed E-state index contributed by atoms with van der Waals surface area (Å²) < 4.78 is 5.19. The lowest BCUT2D eigenvalue weighted by atomic mass is 10.0. The highest BCUT2D eigenvalue weighted by Gasteiger charge is 2.13. The van der Waals surface area contributed by atoms with E-state index >= 15 is 0 Å². The fourth-order valence-electron chi connectivity index (χ4n) is 5.33. The molecule has 0 aliphatic rings. The number of hydrogen-bond acceptors (Lipinski definition) is 3. The van der Waals surface area contributed by atoms with Gasteiger partial charge in [0.1, 0.15) is 6.10 Å². The van der Waals surface area contributed by atoms with Crippen LogP contribution in [-0.4, -0.2) is 42.9 Å². The van der Waals surface area contributed by atoms with Gasteiger partial charge in [-0.2, -0.15) is 0 Å². The van der Waals surface area contributed by atoms with E-state index in [1.807, 2.05) is 0 Å². The molecule has 0 aromatic rings. The van der Waals surface area contributed by atoms with Crippen molar-refractivity contribution in [2.45, 2.75) is 180 Å². The molecule has 0 radical (unpaired) electrons. The number of rotatable bonds is 31. The summed E-state index contributed by atoms with van der Waals surface area (Å²) in [7, 11) is 4.31. The zero-order valence-electron chi connectivity index (χ0n) is 27.2. The van der Waals surface area contributed by atoms with E-state index in [0.717, 1.165) is 32.1 Å². The van der Waals surface area contributed by atoms with E-state index in [1.54, 1.807) is 0 Å². The van der Waals surface area contributed by atoms with Crippen molar-refractivity contribution in [1.29, 1.82) is 0 Å². The van der Waals surface area contributed by atoms with Gasteiger partial charge in [-0.15, -0.1) is 0 Å². The fourth-order valence-corrected chi connectivity index (χ4v) is 5.33. The van der Waals surface area contributed by atoms with Crippen LogP contribution in [0.25, 0.3) is 0 Å². The first-order chi connectivity index (χ1) is 19.6. The highest BCUT2D eigenvalue weighted by Crippen LogP contribution is 2.18. The second kappa shape index (κ2) is 32.2. The maximum absolute atomic E-state index is 11.1. The first kappa shape index (κ1) is 38.7.